The van der Waals surface area contributed by atoms with E-state index in [2.05, 4.69) is 41.2 Å². The van der Waals surface area contributed by atoms with Crippen molar-refractivity contribution >= 4 is 5.84 Å². The van der Waals surface area contributed by atoms with Gasteiger partial charge in [-0.1, -0.05) is 43.5 Å². The molecule has 2 N–H and O–H groups in total. The van der Waals surface area contributed by atoms with Crippen molar-refractivity contribution in [3.05, 3.63) is 35.4 Å². The molecule has 3 nitrogen and oxygen atoms in total. The van der Waals surface area contributed by atoms with E-state index in [-0.39, 0.29) is 6.17 Å². The van der Waals surface area contributed by atoms with Crippen molar-refractivity contribution in [1.29, 1.82) is 0 Å². The zero-order valence-electron chi connectivity index (χ0n) is 12.4. The van der Waals surface area contributed by atoms with Crippen LogP contribution >= 0.6 is 0 Å². The second-order valence-corrected chi connectivity index (χ2v) is 6.23. The molecule has 1 fully saturated rings. The first-order valence-corrected chi connectivity index (χ1v) is 7.86. The fraction of sp³-hybridized carbons (Fsp3) is 0.588. The van der Waals surface area contributed by atoms with Gasteiger partial charge >= 0.3 is 0 Å². The van der Waals surface area contributed by atoms with Crippen LogP contribution in [0.5, 0.6) is 0 Å². The van der Waals surface area contributed by atoms with E-state index in [0.29, 0.717) is 0 Å². The third kappa shape index (κ3) is 2.88. The number of aliphatic imine (C=N–C) groups is 1. The Hall–Kier alpha value is -1.35. The fourth-order valence-corrected chi connectivity index (χ4v) is 3.44. The second-order valence-electron chi connectivity index (χ2n) is 6.23. The minimum Gasteiger partial charge on any atom is -0.387 e. The van der Waals surface area contributed by atoms with Gasteiger partial charge < -0.3 is 5.73 Å². The molecular weight excluding hydrogens is 246 g/mol. The Morgan fingerprint density at radius 3 is 2.40 bits per heavy atom. The van der Waals surface area contributed by atoms with E-state index in [4.69, 9.17) is 5.73 Å². The molecule has 3 heteroatoms. The Labute approximate surface area is 121 Å². The first kappa shape index (κ1) is 13.6. The zero-order chi connectivity index (χ0) is 13.9. The Morgan fingerprint density at radius 2 is 1.70 bits per heavy atom. The molecule has 3 rings (SSSR count). The van der Waals surface area contributed by atoms with Crippen molar-refractivity contribution in [2.45, 2.75) is 50.6 Å². The van der Waals surface area contributed by atoms with Crippen molar-refractivity contribution in [2.24, 2.45) is 10.7 Å². The average molecular weight is 271 g/mol. The van der Waals surface area contributed by atoms with Gasteiger partial charge in [-0.05, 0) is 36.9 Å². The monoisotopic (exact) mass is 271 g/mol. The predicted octanol–water partition coefficient (Wildman–Crippen LogP) is 3.43. The van der Waals surface area contributed by atoms with Gasteiger partial charge in [-0.15, -0.1) is 0 Å². The third-order valence-electron chi connectivity index (χ3n) is 4.74. The molecule has 1 heterocycles. The SMILES string of the molecule is CN1CCC(N)=NC1c1ccc(C2CCCCC2)cc1. The molecule has 1 unspecified atom stereocenters. The topological polar surface area (TPSA) is 41.6 Å². The second kappa shape index (κ2) is 5.96. The van der Waals surface area contributed by atoms with E-state index < -0.39 is 0 Å². The van der Waals surface area contributed by atoms with Crippen LogP contribution in [0, 0.1) is 0 Å². The summed E-state index contributed by atoms with van der Waals surface area (Å²) in [5.41, 5.74) is 8.66. The third-order valence-corrected chi connectivity index (χ3v) is 4.74. The molecule has 20 heavy (non-hydrogen) atoms. The van der Waals surface area contributed by atoms with Crippen LogP contribution in [0.1, 0.15) is 61.7 Å². The number of hydrogen-bond acceptors (Lipinski definition) is 3. The first-order chi connectivity index (χ1) is 9.74. The smallest absolute Gasteiger partial charge is 0.129 e. The van der Waals surface area contributed by atoms with Gasteiger partial charge in [-0.2, -0.15) is 0 Å². The van der Waals surface area contributed by atoms with E-state index in [0.717, 1.165) is 24.7 Å². The van der Waals surface area contributed by atoms with Crippen LogP contribution in [0.15, 0.2) is 29.3 Å². The van der Waals surface area contributed by atoms with E-state index in [1.54, 1.807) is 0 Å². The molecule has 1 saturated carbocycles. The van der Waals surface area contributed by atoms with Gasteiger partial charge in [0.1, 0.15) is 6.17 Å². The minimum atomic E-state index is 0.101. The molecule has 1 aromatic carbocycles. The van der Waals surface area contributed by atoms with E-state index in [1.807, 2.05) is 0 Å². The number of nitrogens with zero attached hydrogens (tertiary/aromatic N) is 2. The highest BCUT2D eigenvalue weighted by atomic mass is 15.2. The highest BCUT2D eigenvalue weighted by Crippen LogP contribution is 2.33. The molecule has 0 spiro atoms. The summed E-state index contributed by atoms with van der Waals surface area (Å²) >= 11 is 0. The fourth-order valence-electron chi connectivity index (χ4n) is 3.44. The summed E-state index contributed by atoms with van der Waals surface area (Å²) in [5, 5.41) is 0. The lowest BCUT2D eigenvalue weighted by Gasteiger charge is -2.30. The normalized spacial score (nSPS) is 25.4. The van der Waals surface area contributed by atoms with Crippen molar-refractivity contribution < 1.29 is 0 Å². The van der Waals surface area contributed by atoms with Gasteiger partial charge in [0.25, 0.3) is 0 Å². The van der Waals surface area contributed by atoms with E-state index >= 15 is 0 Å². The summed E-state index contributed by atoms with van der Waals surface area (Å²) in [6.07, 6.45) is 7.88. The Kier molecular flexibility index (Phi) is 4.06. The number of hydrogen-bond donors (Lipinski definition) is 1. The van der Waals surface area contributed by atoms with Gasteiger partial charge in [0.2, 0.25) is 0 Å². The molecule has 108 valence electrons. The minimum absolute atomic E-state index is 0.101. The Balaban J connectivity index is 1.76. The molecule has 0 amide bonds. The largest absolute Gasteiger partial charge is 0.387 e. The standard InChI is InChI=1S/C17H25N3/c1-20-12-11-16(18)19-17(20)15-9-7-14(8-10-15)13-5-3-2-4-6-13/h7-10,13,17H,2-6,11-12H2,1H3,(H2,18,19). The van der Waals surface area contributed by atoms with E-state index in [9.17, 15) is 0 Å². The van der Waals surface area contributed by atoms with Crippen molar-refractivity contribution in [2.75, 3.05) is 13.6 Å². The van der Waals surface area contributed by atoms with Crippen LogP contribution in [-0.2, 0) is 0 Å². The summed E-state index contributed by atoms with van der Waals surface area (Å²) in [5.74, 6) is 1.56. The lowest BCUT2D eigenvalue weighted by atomic mass is 9.84. The van der Waals surface area contributed by atoms with Crippen molar-refractivity contribution in [3.63, 3.8) is 0 Å². The molecular formula is C17H25N3. The van der Waals surface area contributed by atoms with Gasteiger partial charge in [0.05, 0.1) is 5.84 Å². The maximum atomic E-state index is 5.89. The lowest BCUT2D eigenvalue weighted by molar-refractivity contribution is 0.246. The molecule has 1 aromatic rings. The number of benzene rings is 1. The van der Waals surface area contributed by atoms with Gasteiger partial charge in [-0.3, -0.25) is 4.90 Å². The molecule has 0 radical (unpaired) electrons. The van der Waals surface area contributed by atoms with Crippen molar-refractivity contribution in [3.8, 4) is 0 Å². The predicted molar refractivity (Wildman–Crippen MR) is 83.9 cm³/mol. The first-order valence-electron chi connectivity index (χ1n) is 7.86. The molecule has 0 saturated heterocycles. The summed E-state index contributed by atoms with van der Waals surface area (Å²) < 4.78 is 0. The summed E-state index contributed by atoms with van der Waals surface area (Å²) in [6, 6.07) is 9.10. The maximum absolute atomic E-state index is 5.89. The quantitative estimate of drug-likeness (QED) is 0.895. The molecule has 1 aliphatic heterocycles. The molecule has 1 atom stereocenters. The lowest BCUT2D eigenvalue weighted by Crippen LogP contribution is -2.34. The Morgan fingerprint density at radius 1 is 1.05 bits per heavy atom. The summed E-state index contributed by atoms with van der Waals surface area (Å²) in [6.45, 7) is 0.990. The highest BCUT2D eigenvalue weighted by molar-refractivity contribution is 5.81. The average Bonchev–Trinajstić information content (AvgIpc) is 2.51. The zero-order valence-corrected chi connectivity index (χ0v) is 12.4. The van der Waals surface area contributed by atoms with Gasteiger partial charge in [0.15, 0.2) is 0 Å². The molecule has 0 bridgehead atoms. The van der Waals surface area contributed by atoms with Crippen LogP contribution in [0.25, 0.3) is 0 Å². The van der Waals surface area contributed by atoms with Gasteiger partial charge in [-0.25, -0.2) is 4.99 Å². The molecule has 2 aliphatic rings. The number of nitrogens with two attached hydrogens (primary N) is 1. The van der Waals surface area contributed by atoms with Crippen LogP contribution in [0.2, 0.25) is 0 Å². The van der Waals surface area contributed by atoms with Crippen molar-refractivity contribution in [1.82, 2.24) is 4.90 Å². The summed E-state index contributed by atoms with van der Waals surface area (Å²) in [7, 11) is 2.12. The van der Waals surface area contributed by atoms with Crippen LogP contribution in [-0.4, -0.2) is 24.3 Å². The molecule has 1 aliphatic carbocycles. The van der Waals surface area contributed by atoms with Crippen LogP contribution < -0.4 is 5.73 Å². The summed E-state index contributed by atoms with van der Waals surface area (Å²) in [4.78, 5) is 6.87. The number of rotatable bonds is 2. The van der Waals surface area contributed by atoms with Gasteiger partial charge in [0, 0.05) is 13.0 Å². The molecule has 0 aromatic heterocycles. The van der Waals surface area contributed by atoms with Crippen LogP contribution in [0.4, 0.5) is 0 Å². The van der Waals surface area contributed by atoms with Crippen LogP contribution in [0.3, 0.4) is 0 Å². The maximum Gasteiger partial charge on any atom is 0.129 e. The highest BCUT2D eigenvalue weighted by Gasteiger charge is 2.21. The number of amidine groups is 1. The Bertz CT molecular complexity index is 472. The van der Waals surface area contributed by atoms with E-state index in [1.165, 1.54) is 43.2 Å².